The Kier molecular flexibility index (Phi) is 5.80. The van der Waals surface area contributed by atoms with E-state index >= 15 is 0 Å². The topological polar surface area (TPSA) is 59.6 Å². The molecule has 0 spiro atoms. The van der Waals surface area contributed by atoms with Gasteiger partial charge in [0.25, 0.3) is 11.5 Å². The smallest absolute Gasteiger partial charge is 0.261 e. The van der Waals surface area contributed by atoms with E-state index in [0.29, 0.717) is 46.9 Å². The zero-order valence-corrected chi connectivity index (χ0v) is 20.7. The van der Waals surface area contributed by atoms with E-state index in [2.05, 4.69) is 26.9 Å². The molecule has 170 valence electrons. The summed E-state index contributed by atoms with van der Waals surface area (Å²) in [7, 11) is 0. The summed E-state index contributed by atoms with van der Waals surface area (Å²) < 4.78 is 4.17. The van der Waals surface area contributed by atoms with Crippen LogP contribution >= 0.6 is 27.5 Å². The Morgan fingerprint density at radius 2 is 2.00 bits per heavy atom. The van der Waals surface area contributed by atoms with Gasteiger partial charge >= 0.3 is 0 Å². The first-order valence-corrected chi connectivity index (χ1v) is 11.9. The standard InChI is InChI=1S/C26H20BrClN4O2/c1-3-4-18-14-29-32-23-15-30(25(33)17-7-10-21(27)22(28)13-17)12-11-20(23)26(34)31(24(18)32)19-8-5-16(2)6-9-19/h1,5-10,13-14H,4,11-12,15H2,2H3. The van der Waals surface area contributed by atoms with Gasteiger partial charge in [0.2, 0.25) is 0 Å². The number of carbonyl (C=O) groups excluding carboxylic acids is 1. The van der Waals surface area contributed by atoms with Crippen LogP contribution in [0.25, 0.3) is 11.3 Å². The minimum Gasteiger partial charge on any atom is -0.332 e. The Labute approximate surface area is 209 Å². The third kappa shape index (κ3) is 3.73. The number of hydrogen-bond donors (Lipinski definition) is 0. The highest BCUT2D eigenvalue weighted by Crippen LogP contribution is 2.27. The molecule has 5 rings (SSSR count). The summed E-state index contributed by atoms with van der Waals surface area (Å²) in [6.07, 6.45) is 8.07. The highest BCUT2D eigenvalue weighted by Gasteiger charge is 2.29. The molecule has 2 aromatic carbocycles. The Balaban J connectivity index is 1.65. The van der Waals surface area contributed by atoms with E-state index in [1.165, 1.54) is 0 Å². The van der Waals surface area contributed by atoms with Gasteiger partial charge in [0.1, 0.15) is 5.65 Å². The van der Waals surface area contributed by atoms with Crippen LogP contribution in [0.3, 0.4) is 0 Å². The van der Waals surface area contributed by atoms with Gasteiger partial charge in [-0.3, -0.25) is 14.2 Å². The van der Waals surface area contributed by atoms with Crippen LogP contribution in [0.15, 0.2) is 57.9 Å². The number of nitrogens with zero attached hydrogens (tertiary/aromatic N) is 4. The van der Waals surface area contributed by atoms with Crippen molar-refractivity contribution in [2.24, 2.45) is 0 Å². The van der Waals surface area contributed by atoms with Crippen LogP contribution in [0.5, 0.6) is 0 Å². The van der Waals surface area contributed by atoms with Crippen molar-refractivity contribution in [3.8, 4) is 18.0 Å². The van der Waals surface area contributed by atoms with Crippen molar-refractivity contribution in [3.05, 3.63) is 96.5 Å². The van der Waals surface area contributed by atoms with E-state index in [0.717, 1.165) is 21.3 Å². The zero-order chi connectivity index (χ0) is 24.0. The molecule has 34 heavy (non-hydrogen) atoms. The summed E-state index contributed by atoms with van der Waals surface area (Å²) >= 11 is 9.56. The molecular formula is C26H20BrClN4O2. The average Bonchev–Trinajstić information content (AvgIpc) is 3.25. The first-order chi connectivity index (χ1) is 16.4. The summed E-state index contributed by atoms with van der Waals surface area (Å²) in [6, 6.07) is 12.9. The Morgan fingerprint density at radius 3 is 2.71 bits per heavy atom. The number of aromatic nitrogens is 3. The number of halogens is 2. The van der Waals surface area contributed by atoms with Crippen LogP contribution < -0.4 is 5.56 Å². The minimum atomic E-state index is -0.146. The monoisotopic (exact) mass is 534 g/mol. The number of terminal acetylenes is 1. The van der Waals surface area contributed by atoms with Gasteiger partial charge in [-0.25, -0.2) is 4.52 Å². The summed E-state index contributed by atoms with van der Waals surface area (Å²) in [6.45, 7) is 2.69. The normalized spacial score (nSPS) is 13.1. The average molecular weight is 536 g/mol. The lowest BCUT2D eigenvalue weighted by atomic mass is 10.0. The Morgan fingerprint density at radius 1 is 1.24 bits per heavy atom. The van der Waals surface area contributed by atoms with Gasteiger partial charge in [-0.1, -0.05) is 29.3 Å². The molecule has 0 saturated heterocycles. The summed E-state index contributed by atoms with van der Waals surface area (Å²) in [5, 5.41) is 5.05. The molecule has 0 fully saturated rings. The molecule has 0 atom stereocenters. The van der Waals surface area contributed by atoms with E-state index in [9.17, 15) is 9.59 Å². The van der Waals surface area contributed by atoms with Crippen LogP contribution in [0, 0.1) is 19.3 Å². The number of carbonyl (C=O) groups is 1. The second-order valence-corrected chi connectivity index (χ2v) is 9.55. The number of amides is 1. The Hall–Kier alpha value is -3.34. The van der Waals surface area contributed by atoms with Crippen molar-refractivity contribution in [1.82, 2.24) is 19.1 Å². The minimum absolute atomic E-state index is 0.107. The van der Waals surface area contributed by atoms with Gasteiger partial charge in [0.15, 0.2) is 0 Å². The summed E-state index contributed by atoms with van der Waals surface area (Å²) in [5.74, 6) is 2.51. The largest absolute Gasteiger partial charge is 0.332 e. The Bertz CT molecular complexity index is 1550. The van der Waals surface area contributed by atoms with Crippen LogP contribution in [-0.4, -0.2) is 31.5 Å². The van der Waals surface area contributed by atoms with Crippen molar-refractivity contribution >= 4 is 39.1 Å². The summed E-state index contributed by atoms with van der Waals surface area (Å²) in [4.78, 5) is 28.7. The highest BCUT2D eigenvalue weighted by atomic mass is 79.9. The second kappa shape index (κ2) is 8.79. The van der Waals surface area contributed by atoms with Crippen molar-refractivity contribution in [3.63, 3.8) is 0 Å². The fourth-order valence-electron chi connectivity index (χ4n) is 4.37. The second-order valence-electron chi connectivity index (χ2n) is 8.29. The molecule has 0 unspecified atom stereocenters. The molecule has 3 heterocycles. The van der Waals surface area contributed by atoms with Gasteiger partial charge in [-0.15, -0.1) is 12.3 Å². The van der Waals surface area contributed by atoms with Gasteiger partial charge in [0.05, 0.1) is 29.1 Å². The number of fused-ring (bicyclic) bond motifs is 3. The molecule has 6 nitrogen and oxygen atoms in total. The van der Waals surface area contributed by atoms with Gasteiger partial charge in [-0.2, -0.15) is 5.10 Å². The number of rotatable bonds is 3. The SMILES string of the molecule is C#CCc1cnn2c3c(c(=O)n(-c4ccc(C)cc4)c12)CCN(C(=O)c1ccc(Br)c(Cl)c1)C3. The molecular weight excluding hydrogens is 516 g/mol. The van der Waals surface area contributed by atoms with Crippen LogP contribution in [0.4, 0.5) is 0 Å². The third-order valence-electron chi connectivity index (χ3n) is 6.10. The lowest BCUT2D eigenvalue weighted by Crippen LogP contribution is -2.41. The van der Waals surface area contributed by atoms with E-state index in [-0.39, 0.29) is 18.0 Å². The molecule has 8 heteroatoms. The van der Waals surface area contributed by atoms with Crippen LogP contribution in [0.2, 0.25) is 5.02 Å². The van der Waals surface area contributed by atoms with Crippen molar-refractivity contribution in [2.45, 2.75) is 26.3 Å². The fraction of sp³-hybridized carbons (Fsp3) is 0.192. The fourth-order valence-corrected chi connectivity index (χ4v) is 4.79. The molecule has 0 radical (unpaired) electrons. The zero-order valence-electron chi connectivity index (χ0n) is 18.4. The molecule has 0 saturated carbocycles. The number of aryl methyl sites for hydroxylation is 1. The van der Waals surface area contributed by atoms with Gasteiger partial charge in [-0.05, 0) is 59.6 Å². The lowest BCUT2D eigenvalue weighted by molar-refractivity contribution is 0.0729. The van der Waals surface area contributed by atoms with E-state index in [4.69, 9.17) is 18.0 Å². The van der Waals surface area contributed by atoms with Crippen molar-refractivity contribution in [1.29, 1.82) is 0 Å². The first kappa shape index (κ1) is 22.5. The lowest BCUT2D eigenvalue weighted by Gasteiger charge is -2.29. The van der Waals surface area contributed by atoms with E-state index in [1.807, 2.05) is 31.2 Å². The molecule has 0 aliphatic carbocycles. The first-order valence-electron chi connectivity index (χ1n) is 10.8. The maximum absolute atomic E-state index is 13.7. The van der Waals surface area contributed by atoms with Gasteiger partial charge < -0.3 is 4.90 Å². The molecule has 0 bridgehead atoms. The van der Waals surface area contributed by atoms with E-state index in [1.54, 1.807) is 38.4 Å². The van der Waals surface area contributed by atoms with Crippen LogP contribution in [-0.2, 0) is 19.4 Å². The van der Waals surface area contributed by atoms with Crippen LogP contribution in [0.1, 0.15) is 32.7 Å². The predicted octanol–water partition coefficient (Wildman–Crippen LogP) is 4.58. The molecule has 1 aliphatic rings. The highest BCUT2D eigenvalue weighted by molar-refractivity contribution is 9.10. The predicted molar refractivity (Wildman–Crippen MR) is 136 cm³/mol. The molecule has 1 amide bonds. The third-order valence-corrected chi connectivity index (χ3v) is 7.34. The molecule has 0 N–H and O–H groups in total. The van der Waals surface area contributed by atoms with Gasteiger partial charge in [0, 0.05) is 34.1 Å². The van der Waals surface area contributed by atoms with E-state index < -0.39 is 0 Å². The quantitative estimate of drug-likeness (QED) is 0.361. The molecule has 1 aliphatic heterocycles. The van der Waals surface area contributed by atoms with Crippen molar-refractivity contribution < 1.29 is 4.79 Å². The number of benzene rings is 2. The number of hydrogen-bond acceptors (Lipinski definition) is 3. The maximum atomic E-state index is 13.7. The molecule has 2 aromatic heterocycles. The summed E-state index contributed by atoms with van der Waals surface area (Å²) in [5.41, 5.74) is 5.02. The van der Waals surface area contributed by atoms with Crippen molar-refractivity contribution in [2.75, 3.05) is 6.54 Å². The maximum Gasteiger partial charge on any atom is 0.261 e. The molecule has 4 aromatic rings.